The van der Waals surface area contributed by atoms with E-state index in [1.54, 1.807) is 45.8 Å². The second-order valence-corrected chi connectivity index (χ2v) is 11.3. The Morgan fingerprint density at radius 1 is 1.29 bits per heavy atom. The standard InChI is InChI=1S/C27H36N8O6/c1-27(2,3)41-26(38)33(4)21-14-20(31-19-7-6-11-34(24(19)37)25-28-10-12-40-25)32-22-18(15-29-35(21)22)23(36)30-16-8-9-17(13-16)39-5/h6,10-12,15-17,19,21H,7-9,13-14H2,1-5H3,(H,30,36)(H,31,32)/t16?,17-,19?,21?/m1/s1. The Labute approximate surface area is 237 Å². The number of carbonyl (C=O) groups is 3. The zero-order chi connectivity index (χ0) is 29.3. The Kier molecular flexibility index (Phi) is 7.84. The number of aliphatic imine (C=N–C) groups is 1. The fraction of sp³-hybridized carbons (Fsp3) is 0.556. The Morgan fingerprint density at radius 2 is 2.10 bits per heavy atom. The van der Waals surface area contributed by atoms with Crippen molar-refractivity contribution in [2.45, 2.75) is 82.8 Å². The molecule has 4 heterocycles. The van der Waals surface area contributed by atoms with Gasteiger partial charge in [0.15, 0.2) is 0 Å². The lowest BCUT2D eigenvalue weighted by molar-refractivity contribution is -0.119. The van der Waals surface area contributed by atoms with E-state index in [4.69, 9.17) is 18.9 Å². The number of amides is 3. The first-order valence-electron chi connectivity index (χ1n) is 13.6. The third-order valence-corrected chi connectivity index (χ3v) is 7.22. The minimum absolute atomic E-state index is 0.0206. The molecule has 220 valence electrons. The minimum Gasteiger partial charge on any atom is -0.444 e. The van der Waals surface area contributed by atoms with Gasteiger partial charge < -0.3 is 24.5 Å². The molecule has 41 heavy (non-hydrogen) atoms. The predicted octanol–water partition coefficient (Wildman–Crippen LogP) is 3.07. The monoisotopic (exact) mass is 568 g/mol. The van der Waals surface area contributed by atoms with Gasteiger partial charge in [0.1, 0.15) is 41.3 Å². The van der Waals surface area contributed by atoms with Crippen molar-refractivity contribution >= 4 is 35.6 Å². The molecule has 4 atom stereocenters. The van der Waals surface area contributed by atoms with Gasteiger partial charge in [0, 0.05) is 32.8 Å². The summed E-state index contributed by atoms with van der Waals surface area (Å²) in [6.07, 6.45) is 9.62. The summed E-state index contributed by atoms with van der Waals surface area (Å²) in [5.74, 6) is 0.186. The molecule has 2 aliphatic heterocycles. The van der Waals surface area contributed by atoms with Crippen LogP contribution in [0.5, 0.6) is 0 Å². The van der Waals surface area contributed by atoms with Crippen LogP contribution in [-0.4, -0.2) is 81.4 Å². The number of hydrogen-bond acceptors (Lipinski definition) is 9. The Bertz CT molecular complexity index is 1340. The van der Waals surface area contributed by atoms with Crippen LogP contribution in [0.1, 0.15) is 69.4 Å². The Morgan fingerprint density at radius 3 is 2.78 bits per heavy atom. The summed E-state index contributed by atoms with van der Waals surface area (Å²) in [4.78, 5) is 51.2. The molecule has 2 aromatic heterocycles. The minimum atomic E-state index is -0.766. The van der Waals surface area contributed by atoms with Gasteiger partial charge in [-0.25, -0.2) is 19.4 Å². The van der Waals surface area contributed by atoms with Gasteiger partial charge >= 0.3 is 12.1 Å². The van der Waals surface area contributed by atoms with Crippen molar-refractivity contribution < 1.29 is 28.3 Å². The molecule has 5 rings (SSSR count). The average molecular weight is 569 g/mol. The number of rotatable bonds is 6. The van der Waals surface area contributed by atoms with Gasteiger partial charge in [-0.2, -0.15) is 5.10 Å². The lowest BCUT2D eigenvalue weighted by atomic mass is 10.1. The number of amidine groups is 1. The summed E-state index contributed by atoms with van der Waals surface area (Å²) in [6.45, 7) is 5.36. The highest BCUT2D eigenvalue weighted by molar-refractivity contribution is 6.06. The van der Waals surface area contributed by atoms with E-state index in [1.165, 1.54) is 28.5 Å². The Hall–Kier alpha value is -4.20. The fourth-order valence-electron chi connectivity index (χ4n) is 5.14. The first kappa shape index (κ1) is 28.3. The smallest absolute Gasteiger partial charge is 0.411 e. The van der Waals surface area contributed by atoms with Gasteiger partial charge in [0.25, 0.3) is 11.8 Å². The van der Waals surface area contributed by atoms with Crippen molar-refractivity contribution in [3.63, 3.8) is 0 Å². The van der Waals surface area contributed by atoms with E-state index in [0.29, 0.717) is 23.6 Å². The van der Waals surface area contributed by atoms with E-state index in [9.17, 15) is 14.4 Å². The number of methoxy groups -OCH3 is 1. The van der Waals surface area contributed by atoms with Crippen molar-refractivity contribution in [3.05, 3.63) is 36.5 Å². The highest BCUT2D eigenvalue weighted by Gasteiger charge is 2.37. The molecule has 3 aliphatic rings. The van der Waals surface area contributed by atoms with E-state index in [2.05, 4.69) is 20.7 Å². The largest absolute Gasteiger partial charge is 0.444 e. The highest BCUT2D eigenvalue weighted by atomic mass is 16.6. The predicted molar refractivity (Wildman–Crippen MR) is 148 cm³/mol. The topological polar surface area (TPSA) is 156 Å². The molecule has 1 aliphatic carbocycles. The SMILES string of the molecule is CO[C@@H]1CCC(NC(=O)c2cnn3c2NC(=NC2CC=CN(c4ncco4)C2=O)CC3N(C)C(=O)OC(C)(C)C)C1. The number of aromatic nitrogens is 3. The molecule has 1 saturated carbocycles. The summed E-state index contributed by atoms with van der Waals surface area (Å²) in [5.41, 5.74) is -0.407. The van der Waals surface area contributed by atoms with E-state index in [-0.39, 0.29) is 36.4 Å². The third kappa shape index (κ3) is 6.11. The van der Waals surface area contributed by atoms with Crippen LogP contribution in [-0.2, 0) is 14.3 Å². The zero-order valence-corrected chi connectivity index (χ0v) is 23.9. The summed E-state index contributed by atoms with van der Waals surface area (Å²) in [6, 6.07) is -0.638. The van der Waals surface area contributed by atoms with E-state index >= 15 is 0 Å². The van der Waals surface area contributed by atoms with E-state index in [0.717, 1.165) is 19.3 Å². The van der Waals surface area contributed by atoms with Gasteiger partial charge in [-0.05, 0) is 46.5 Å². The van der Waals surface area contributed by atoms with Crippen LogP contribution < -0.4 is 15.5 Å². The molecular formula is C27H36N8O6. The number of carbonyl (C=O) groups excluding carboxylic acids is 3. The molecule has 2 aromatic rings. The quantitative estimate of drug-likeness (QED) is 0.534. The van der Waals surface area contributed by atoms with Crippen molar-refractivity contribution in [1.29, 1.82) is 0 Å². The molecular weight excluding hydrogens is 532 g/mol. The van der Waals surface area contributed by atoms with Crippen molar-refractivity contribution in [1.82, 2.24) is 25.0 Å². The van der Waals surface area contributed by atoms with E-state index in [1.807, 2.05) is 6.08 Å². The van der Waals surface area contributed by atoms with Crippen LogP contribution in [0.15, 0.2) is 40.3 Å². The van der Waals surface area contributed by atoms with Crippen LogP contribution in [0, 0.1) is 0 Å². The maximum atomic E-state index is 13.4. The second-order valence-electron chi connectivity index (χ2n) is 11.3. The third-order valence-electron chi connectivity index (χ3n) is 7.22. The summed E-state index contributed by atoms with van der Waals surface area (Å²) >= 11 is 0. The maximum absolute atomic E-state index is 13.4. The molecule has 2 N–H and O–H groups in total. The van der Waals surface area contributed by atoms with Crippen LogP contribution in [0.2, 0.25) is 0 Å². The molecule has 14 heteroatoms. The van der Waals surface area contributed by atoms with Crippen LogP contribution >= 0.6 is 0 Å². The van der Waals surface area contributed by atoms with Crippen molar-refractivity contribution in [2.75, 3.05) is 24.4 Å². The maximum Gasteiger partial charge on any atom is 0.411 e. The van der Waals surface area contributed by atoms with Gasteiger partial charge in [-0.15, -0.1) is 0 Å². The Balaban J connectivity index is 1.43. The number of fused-ring (bicyclic) bond motifs is 1. The number of nitrogens with one attached hydrogen (secondary N) is 2. The molecule has 0 aromatic carbocycles. The van der Waals surface area contributed by atoms with Gasteiger partial charge in [0.05, 0.1) is 18.5 Å². The van der Waals surface area contributed by atoms with Gasteiger partial charge in [-0.3, -0.25) is 19.5 Å². The highest BCUT2D eigenvalue weighted by Crippen LogP contribution is 2.32. The van der Waals surface area contributed by atoms with Crippen molar-refractivity contribution in [2.24, 2.45) is 4.99 Å². The molecule has 3 unspecified atom stereocenters. The molecule has 0 saturated heterocycles. The molecule has 0 bridgehead atoms. The van der Waals surface area contributed by atoms with E-state index < -0.39 is 23.9 Å². The molecule has 0 radical (unpaired) electrons. The fourth-order valence-corrected chi connectivity index (χ4v) is 5.14. The molecule has 3 amide bonds. The van der Waals surface area contributed by atoms with Crippen LogP contribution in [0.4, 0.5) is 16.6 Å². The summed E-state index contributed by atoms with van der Waals surface area (Å²) in [5, 5.41) is 10.8. The average Bonchev–Trinajstić information content (AvgIpc) is 3.69. The zero-order valence-electron chi connectivity index (χ0n) is 23.9. The first-order chi connectivity index (χ1) is 19.5. The van der Waals surface area contributed by atoms with Crippen LogP contribution in [0.25, 0.3) is 0 Å². The van der Waals surface area contributed by atoms with Crippen LogP contribution in [0.3, 0.4) is 0 Å². The second kappa shape index (κ2) is 11.4. The number of ether oxygens (including phenoxy) is 2. The number of hydrogen-bond donors (Lipinski definition) is 2. The number of nitrogens with zero attached hydrogens (tertiary/aromatic N) is 6. The van der Waals surface area contributed by atoms with Gasteiger partial charge in [0.2, 0.25) is 0 Å². The molecule has 14 nitrogen and oxygen atoms in total. The van der Waals surface area contributed by atoms with Crippen molar-refractivity contribution in [3.8, 4) is 0 Å². The molecule has 1 fully saturated rings. The normalized spacial score (nSPS) is 25.1. The van der Waals surface area contributed by atoms with Gasteiger partial charge in [-0.1, -0.05) is 6.08 Å². The number of oxazole rings is 1. The lowest BCUT2D eigenvalue weighted by Crippen LogP contribution is -2.44. The lowest BCUT2D eigenvalue weighted by Gasteiger charge is -2.35. The first-order valence-corrected chi connectivity index (χ1v) is 13.6. The summed E-state index contributed by atoms with van der Waals surface area (Å²) in [7, 11) is 3.28. The number of anilines is 2. The molecule has 0 spiro atoms. The summed E-state index contributed by atoms with van der Waals surface area (Å²) < 4.78 is 17.9.